The van der Waals surface area contributed by atoms with Crippen molar-refractivity contribution in [2.75, 3.05) is 13.1 Å². The van der Waals surface area contributed by atoms with Gasteiger partial charge in [0.15, 0.2) is 5.78 Å². The highest BCUT2D eigenvalue weighted by Crippen LogP contribution is 2.56. The summed E-state index contributed by atoms with van der Waals surface area (Å²) in [5.74, 6) is -0.569. The Bertz CT molecular complexity index is 803. The Labute approximate surface area is 167 Å². The molecule has 0 spiro atoms. The smallest absolute Gasteiger partial charge is 0.410 e. The summed E-state index contributed by atoms with van der Waals surface area (Å²) in [5.41, 5.74) is -0.526. The van der Waals surface area contributed by atoms with Crippen LogP contribution in [0.1, 0.15) is 53.0 Å². The summed E-state index contributed by atoms with van der Waals surface area (Å²) in [6.45, 7) is 10.5. The first-order valence-corrected chi connectivity index (χ1v) is 9.99. The zero-order chi connectivity index (χ0) is 20.7. The highest BCUT2D eigenvalue weighted by molar-refractivity contribution is 5.90. The van der Waals surface area contributed by atoms with Gasteiger partial charge >= 0.3 is 6.09 Å². The van der Waals surface area contributed by atoms with Gasteiger partial charge in [-0.3, -0.25) is 4.79 Å². The second-order valence-electron chi connectivity index (χ2n) is 9.74. The van der Waals surface area contributed by atoms with Crippen LogP contribution in [0.15, 0.2) is 30.3 Å². The molecule has 1 saturated carbocycles. The lowest BCUT2D eigenvalue weighted by Gasteiger charge is -2.57. The maximum atomic E-state index is 13.0. The van der Waals surface area contributed by atoms with Crippen LogP contribution >= 0.6 is 0 Å². The van der Waals surface area contributed by atoms with Crippen LogP contribution < -0.4 is 0 Å². The molecule has 0 bridgehead atoms. The molecule has 28 heavy (non-hydrogen) atoms. The van der Waals surface area contributed by atoms with E-state index in [-0.39, 0.29) is 17.8 Å². The Balaban J connectivity index is 2.06. The first-order chi connectivity index (χ1) is 13.0. The average molecular weight is 383 g/mol. The number of carbonyl (C=O) groups excluding carboxylic acids is 2. The lowest BCUT2D eigenvalue weighted by atomic mass is 9.48. The number of ketones is 1. The first-order valence-electron chi connectivity index (χ1n) is 9.99. The summed E-state index contributed by atoms with van der Waals surface area (Å²) in [6, 6.07) is 12.3. The molecule has 2 aliphatic rings. The second kappa shape index (κ2) is 6.92. The number of ether oxygens (including phenoxy) is 1. The number of piperidine rings is 1. The Hall–Kier alpha value is -2.35. The lowest BCUT2D eigenvalue weighted by molar-refractivity contribution is -0.144. The average Bonchev–Trinajstić information content (AvgIpc) is 2.64. The summed E-state index contributed by atoms with van der Waals surface area (Å²) in [6.07, 6.45) is 0.828. The molecule has 5 heteroatoms. The SMILES string of the molecule is CC(C)(C)OC(=O)N1CC[C@H]2C(C)(C)C(=O)C(C#N)C[C@]2(c2ccccc2)C1. The van der Waals surface area contributed by atoms with Gasteiger partial charge in [-0.05, 0) is 45.1 Å². The molecule has 1 aliphatic heterocycles. The van der Waals surface area contributed by atoms with Gasteiger partial charge in [-0.2, -0.15) is 5.26 Å². The van der Waals surface area contributed by atoms with E-state index in [0.717, 1.165) is 5.56 Å². The van der Waals surface area contributed by atoms with Crippen LogP contribution in [0, 0.1) is 28.6 Å². The van der Waals surface area contributed by atoms with Gasteiger partial charge in [0.2, 0.25) is 0 Å². The molecule has 1 aromatic carbocycles. The lowest BCUT2D eigenvalue weighted by Crippen LogP contribution is -2.63. The Kier molecular flexibility index (Phi) is 5.04. The van der Waals surface area contributed by atoms with E-state index in [1.165, 1.54) is 0 Å². The number of hydrogen-bond donors (Lipinski definition) is 0. The molecule has 2 fully saturated rings. The number of benzene rings is 1. The van der Waals surface area contributed by atoms with E-state index >= 15 is 0 Å². The van der Waals surface area contributed by atoms with Crippen molar-refractivity contribution in [2.45, 2.75) is 58.5 Å². The van der Waals surface area contributed by atoms with Crippen molar-refractivity contribution >= 4 is 11.9 Å². The van der Waals surface area contributed by atoms with Crippen LogP contribution in [0.3, 0.4) is 0 Å². The van der Waals surface area contributed by atoms with E-state index < -0.39 is 22.3 Å². The molecule has 1 amide bonds. The number of nitriles is 1. The molecule has 0 radical (unpaired) electrons. The van der Waals surface area contributed by atoms with Crippen LogP contribution in [-0.4, -0.2) is 35.5 Å². The number of hydrogen-bond acceptors (Lipinski definition) is 4. The van der Waals surface area contributed by atoms with Crippen molar-refractivity contribution in [1.82, 2.24) is 4.90 Å². The van der Waals surface area contributed by atoms with Gasteiger partial charge in [0.05, 0.1) is 6.07 Å². The van der Waals surface area contributed by atoms with Gasteiger partial charge < -0.3 is 9.64 Å². The molecule has 1 aromatic rings. The zero-order valence-corrected chi connectivity index (χ0v) is 17.5. The number of nitrogens with zero attached hydrogens (tertiary/aromatic N) is 2. The third kappa shape index (κ3) is 3.41. The number of likely N-dealkylation sites (tertiary alicyclic amines) is 1. The van der Waals surface area contributed by atoms with Crippen LogP contribution in [-0.2, 0) is 14.9 Å². The topological polar surface area (TPSA) is 70.4 Å². The highest BCUT2D eigenvalue weighted by Gasteiger charge is 2.60. The van der Waals surface area contributed by atoms with Gasteiger partial charge in [-0.1, -0.05) is 44.2 Å². The molecule has 0 N–H and O–H groups in total. The fourth-order valence-electron chi connectivity index (χ4n) is 5.19. The second-order valence-corrected chi connectivity index (χ2v) is 9.74. The first kappa shape index (κ1) is 20.4. The van der Waals surface area contributed by atoms with E-state index in [2.05, 4.69) is 18.2 Å². The molecule has 1 saturated heterocycles. The van der Waals surface area contributed by atoms with Crippen LogP contribution in [0.25, 0.3) is 0 Å². The summed E-state index contributed by atoms with van der Waals surface area (Å²) < 4.78 is 5.62. The predicted molar refractivity (Wildman–Crippen MR) is 107 cm³/mol. The van der Waals surface area contributed by atoms with Crippen molar-refractivity contribution in [3.8, 4) is 6.07 Å². The molecule has 1 aliphatic carbocycles. The van der Waals surface area contributed by atoms with Crippen molar-refractivity contribution in [3.63, 3.8) is 0 Å². The van der Waals surface area contributed by atoms with Crippen molar-refractivity contribution in [2.24, 2.45) is 17.3 Å². The number of carbonyl (C=O) groups is 2. The zero-order valence-electron chi connectivity index (χ0n) is 17.5. The maximum Gasteiger partial charge on any atom is 0.410 e. The molecule has 1 heterocycles. The van der Waals surface area contributed by atoms with Crippen LogP contribution in [0.2, 0.25) is 0 Å². The van der Waals surface area contributed by atoms with Crippen molar-refractivity contribution in [3.05, 3.63) is 35.9 Å². The number of amides is 1. The summed E-state index contributed by atoms with van der Waals surface area (Å²) in [5, 5.41) is 9.70. The fourth-order valence-corrected chi connectivity index (χ4v) is 5.19. The summed E-state index contributed by atoms with van der Waals surface area (Å²) in [7, 11) is 0. The van der Waals surface area contributed by atoms with Gasteiger partial charge in [0.1, 0.15) is 11.5 Å². The molecule has 1 unspecified atom stereocenters. The van der Waals surface area contributed by atoms with E-state index in [0.29, 0.717) is 25.9 Å². The molecular weight excluding hydrogens is 352 g/mol. The van der Waals surface area contributed by atoms with E-state index in [4.69, 9.17) is 4.74 Å². The van der Waals surface area contributed by atoms with Crippen LogP contribution in [0.4, 0.5) is 4.79 Å². The normalized spacial score (nSPS) is 29.6. The summed E-state index contributed by atoms with van der Waals surface area (Å²) in [4.78, 5) is 27.6. The Morgan fingerprint density at radius 2 is 1.89 bits per heavy atom. The molecule has 3 rings (SSSR count). The summed E-state index contributed by atoms with van der Waals surface area (Å²) >= 11 is 0. The number of rotatable bonds is 1. The van der Waals surface area contributed by atoms with Crippen molar-refractivity contribution < 1.29 is 14.3 Å². The largest absolute Gasteiger partial charge is 0.444 e. The predicted octanol–water partition coefficient (Wildman–Crippen LogP) is 4.32. The van der Waals surface area contributed by atoms with Gasteiger partial charge in [-0.25, -0.2) is 4.79 Å². The molecule has 3 atom stereocenters. The monoisotopic (exact) mass is 382 g/mol. The molecule has 0 aromatic heterocycles. The molecular formula is C23H30N2O3. The quantitative estimate of drug-likeness (QED) is 0.725. The van der Waals surface area contributed by atoms with Crippen LogP contribution in [0.5, 0.6) is 0 Å². The minimum Gasteiger partial charge on any atom is -0.444 e. The minimum atomic E-state index is -0.662. The van der Waals surface area contributed by atoms with Gasteiger partial charge in [-0.15, -0.1) is 0 Å². The Morgan fingerprint density at radius 1 is 1.25 bits per heavy atom. The fraction of sp³-hybridized carbons (Fsp3) is 0.609. The minimum absolute atomic E-state index is 0.0253. The van der Waals surface area contributed by atoms with E-state index in [9.17, 15) is 14.9 Å². The third-order valence-corrected chi connectivity index (χ3v) is 6.38. The number of fused-ring (bicyclic) bond motifs is 1. The standard InChI is InChI=1S/C23H30N2O3/c1-21(2,3)28-20(27)25-12-11-18-22(4,5)19(26)16(14-24)13-23(18,15-25)17-9-7-6-8-10-17/h6-10,16,18H,11-13,15H2,1-5H3/t16?,18-,23+/m0/s1. The molecule has 150 valence electrons. The maximum absolute atomic E-state index is 13.0. The number of Topliss-reactive ketones (excluding diaryl/α,β-unsaturated/α-hetero) is 1. The van der Waals surface area contributed by atoms with E-state index in [1.807, 2.05) is 52.8 Å². The van der Waals surface area contributed by atoms with E-state index in [1.54, 1.807) is 4.90 Å². The van der Waals surface area contributed by atoms with Gasteiger partial charge in [0, 0.05) is 23.9 Å². The highest BCUT2D eigenvalue weighted by atomic mass is 16.6. The van der Waals surface area contributed by atoms with Gasteiger partial charge in [0.25, 0.3) is 0 Å². The Morgan fingerprint density at radius 3 is 2.46 bits per heavy atom. The van der Waals surface area contributed by atoms with Crippen molar-refractivity contribution in [1.29, 1.82) is 5.26 Å². The molecule has 5 nitrogen and oxygen atoms in total. The third-order valence-electron chi connectivity index (χ3n) is 6.38.